The predicted molar refractivity (Wildman–Crippen MR) is 49.0 cm³/mol. The van der Waals surface area contributed by atoms with Crippen molar-refractivity contribution in [2.75, 3.05) is 0 Å². The predicted octanol–water partition coefficient (Wildman–Crippen LogP) is 2.28. The molecule has 0 radical (unpaired) electrons. The lowest BCUT2D eigenvalue weighted by molar-refractivity contribution is -0.117. The van der Waals surface area contributed by atoms with Crippen molar-refractivity contribution in [2.45, 2.75) is 39.5 Å². The largest absolute Gasteiger partial charge is 0.300 e. The Bertz CT molecular complexity index is 180. The zero-order chi connectivity index (χ0) is 9.40. The number of aldehydes is 1. The molecule has 2 heteroatoms. The van der Waals surface area contributed by atoms with Gasteiger partial charge in [-0.2, -0.15) is 0 Å². The number of hydrogen-bond donors (Lipinski definition) is 0. The minimum absolute atomic E-state index is 0.183. The Kier molecular flexibility index (Phi) is 6.25. The quantitative estimate of drug-likeness (QED) is 0.450. The molecule has 0 unspecified atom stereocenters. The molecule has 0 N–H and O–H groups in total. The maximum absolute atomic E-state index is 10.6. The molecule has 12 heavy (non-hydrogen) atoms. The molecule has 0 fully saturated rings. The van der Waals surface area contributed by atoms with Gasteiger partial charge in [0.25, 0.3) is 0 Å². The van der Waals surface area contributed by atoms with Gasteiger partial charge in [-0.1, -0.05) is 18.9 Å². The third-order valence-corrected chi connectivity index (χ3v) is 1.67. The maximum atomic E-state index is 10.6. The van der Waals surface area contributed by atoms with E-state index in [1.165, 1.54) is 0 Å². The van der Waals surface area contributed by atoms with E-state index < -0.39 is 0 Å². The van der Waals surface area contributed by atoms with Gasteiger partial charge in [0.05, 0.1) is 0 Å². The summed E-state index contributed by atoms with van der Waals surface area (Å²) in [7, 11) is 0. The van der Waals surface area contributed by atoms with Crippen LogP contribution in [0.15, 0.2) is 11.6 Å². The Balaban J connectivity index is 3.87. The van der Waals surface area contributed by atoms with Gasteiger partial charge in [-0.15, -0.1) is 0 Å². The number of ketones is 1. The minimum atomic E-state index is 0.183. The Morgan fingerprint density at radius 2 is 1.92 bits per heavy atom. The van der Waals surface area contributed by atoms with E-state index in [1.807, 2.05) is 0 Å². The first kappa shape index (κ1) is 11.1. The van der Waals surface area contributed by atoms with Crippen LogP contribution >= 0.6 is 0 Å². The maximum Gasteiger partial charge on any atom is 0.142 e. The molecule has 0 aliphatic heterocycles. The second-order valence-corrected chi connectivity index (χ2v) is 2.91. The highest BCUT2D eigenvalue weighted by Gasteiger charge is 1.98. The molecule has 0 aromatic carbocycles. The average molecular weight is 168 g/mol. The smallest absolute Gasteiger partial charge is 0.142 e. The molecule has 0 spiro atoms. The van der Waals surface area contributed by atoms with E-state index in [1.54, 1.807) is 13.0 Å². The summed E-state index contributed by atoms with van der Waals surface area (Å²) in [5.41, 5.74) is 1.09. The van der Waals surface area contributed by atoms with Crippen molar-refractivity contribution >= 4 is 12.1 Å². The fraction of sp³-hybridized carbons (Fsp3) is 0.600. The van der Waals surface area contributed by atoms with E-state index >= 15 is 0 Å². The van der Waals surface area contributed by atoms with E-state index in [2.05, 4.69) is 6.92 Å². The highest BCUT2D eigenvalue weighted by atomic mass is 16.1. The van der Waals surface area contributed by atoms with Crippen LogP contribution in [0.1, 0.15) is 39.5 Å². The molecule has 0 aliphatic rings. The van der Waals surface area contributed by atoms with Gasteiger partial charge in [-0.25, -0.2) is 0 Å². The van der Waals surface area contributed by atoms with Gasteiger partial charge in [-0.3, -0.25) is 4.79 Å². The van der Waals surface area contributed by atoms with Gasteiger partial charge in [-0.05, 0) is 25.8 Å². The van der Waals surface area contributed by atoms with Gasteiger partial charge >= 0.3 is 0 Å². The van der Waals surface area contributed by atoms with Gasteiger partial charge in [0.1, 0.15) is 12.1 Å². The lowest BCUT2D eigenvalue weighted by Crippen LogP contribution is -1.92. The fourth-order valence-electron chi connectivity index (χ4n) is 1.05. The van der Waals surface area contributed by atoms with Crippen LogP contribution < -0.4 is 0 Å². The first-order valence-corrected chi connectivity index (χ1v) is 4.33. The normalized spacial score (nSPS) is 11.3. The summed E-state index contributed by atoms with van der Waals surface area (Å²) in [6, 6.07) is 0. The molecule has 0 bridgehead atoms. The molecule has 0 saturated carbocycles. The van der Waals surface area contributed by atoms with Crippen molar-refractivity contribution in [3.63, 3.8) is 0 Å². The lowest BCUT2D eigenvalue weighted by atomic mass is 10.0. The first-order valence-electron chi connectivity index (χ1n) is 4.33. The molecule has 0 atom stereocenters. The van der Waals surface area contributed by atoms with E-state index in [0.29, 0.717) is 6.42 Å². The van der Waals surface area contributed by atoms with Gasteiger partial charge in [0, 0.05) is 6.42 Å². The van der Waals surface area contributed by atoms with Gasteiger partial charge < -0.3 is 4.79 Å². The van der Waals surface area contributed by atoms with Crippen LogP contribution in [0.5, 0.6) is 0 Å². The number of hydrogen-bond acceptors (Lipinski definition) is 2. The zero-order valence-electron chi connectivity index (χ0n) is 7.80. The van der Waals surface area contributed by atoms with Crippen molar-refractivity contribution in [2.24, 2.45) is 0 Å². The third-order valence-electron chi connectivity index (χ3n) is 1.67. The highest BCUT2D eigenvalue weighted by molar-refractivity contribution is 5.76. The number of Topliss-reactive ketones (excluding diaryl/α,β-unsaturated/α-hetero) is 1. The molecule has 0 amide bonds. The summed E-state index contributed by atoms with van der Waals surface area (Å²) in [4.78, 5) is 20.8. The first-order chi connectivity index (χ1) is 5.70. The van der Waals surface area contributed by atoms with Crippen molar-refractivity contribution < 1.29 is 9.59 Å². The van der Waals surface area contributed by atoms with Crippen LogP contribution in [0.25, 0.3) is 0 Å². The fourth-order valence-corrected chi connectivity index (χ4v) is 1.05. The molecular formula is C10H16O2. The molecular weight excluding hydrogens is 152 g/mol. The second-order valence-electron chi connectivity index (χ2n) is 2.91. The number of allylic oxidation sites excluding steroid dienone is 2. The lowest BCUT2D eigenvalue weighted by Gasteiger charge is -2.01. The van der Waals surface area contributed by atoms with E-state index in [-0.39, 0.29) is 5.78 Å². The third kappa shape index (κ3) is 5.83. The summed E-state index contributed by atoms with van der Waals surface area (Å²) >= 11 is 0. The van der Waals surface area contributed by atoms with Crippen LogP contribution in [0.2, 0.25) is 0 Å². The van der Waals surface area contributed by atoms with Crippen molar-refractivity contribution in [3.05, 3.63) is 11.6 Å². The molecule has 68 valence electrons. The average Bonchev–Trinajstić information content (AvgIpc) is 2.01. The molecule has 0 saturated heterocycles. The minimum Gasteiger partial charge on any atom is -0.300 e. The second kappa shape index (κ2) is 6.77. The molecule has 0 aromatic rings. The Labute approximate surface area is 73.7 Å². The van der Waals surface area contributed by atoms with Crippen LogP contribution in [0.3, 0.4) is 0 Å². The van der Waals surface area contributed by atoms with Crippen molar-refractivity contribution in [1.29, 1.82) is 0 Å². The van der Waals surface area contributed by atoms with Crippen LogP contribution in [0.4, 0.5) is 0 Å². The Morgan fingerprint density at radius 1 is 1.25 bits per heavy atom. The van der Waals surface area contributed by atoms with Crippen LogP contribution in [-0.2, 0) is 9.59 Å². The standard InChI is InChI=1S/C10H16O2/c1-3-4-10(7-8-11)6-5-9(2)12/h7-8H,3-6H2,1-2H3. The van der Waals surface area contributed by atoms with Gasteiger partial charge in [0.15, 0.2) is 0 Å². The molecule has 0 aromatic heterocycles. The summed E-state index contributed by atoms with van der Waals surface area (Å²) in [6.07, 6.45) is 5.61. The monoisotopic (exact) mass is 168 g/mol. The van der Waals surface area contributed by atoms with Crippen LogP contribution in [0, 0.1) is 0 Å². The summed E-state index contributed by atoms with van der Waals surface area (Å²) < 4.78 is 0. The van der Waals surface area contributed by atoms with E-state index in [4.69, 9.17) is 0 Å². The van der Waals surface area contributed by atoms with Crippen molar-refractivity contribution in [3.8, 4) is 0 Å². The summed E-state index contributed by atoms with van der Waals surface area (Å²) in [5.74, 6) is 0.183. The topological polar surface area (TPSA) is 34.1 Å². The van der Waals surface area contributed by atoms with Gasteiger partial charge in [0.2, 0.25) is 0 Å². The Hall–Kier alpha value is -0.920. The number of carbonyl (C=O) groups is 2. The molecule has 2 nitrogen and oxygen atoms in total. The SMILES string of the molecule is CCCC(=CC=O)CCC(C)=O. The van der Waals surface area contributed by atoms with Crippen LogP contribution in [-0.4, -0.2) is 12.1 Å². The number of carbonyl (C=O) groups excluding carboxylic acids is 2. The zero-order valence-corrected chi connectivity index (χ0v) is 7.80. The summed E-state index contributed by atoms with van der Waals surface area (Å²) in [6.45, 7) is 3.64. The van der Waals surface area contributed by atoms with E-state index in [9.17, 15) is 9.59 Å². The molecule has 0 rings (SSSR count). The molecule has 0 heterocycles. The summed E-state index contributed by atoms with van der Waals surface area (Å²) in [5, 5.41) is 0. The van der Waals surface area contributed by atoms with E-state index in [0.717, 1.165) is 31.1 Å². The Morgan fingerprint density at radius 3 is 2.33 bits per heavy atom. The molecule has 0 aliphatic carbocycles. The number of rotatable bonds is 6. The van der Waals surface area contributed by atoms with Crippen molar-refractivity contribution in [1.82, 2.24) is 0 Å². The highest BCUT2D eigenvalue weighted by Crippen LogP contribution is 2.11.